The van der Waals surface area contributed by atoms with Crippen LogP contribution in [0.5, 0.6) is 5.75 Å². The van der Waals surface area contributed by atoms with Gasteiger partial charge in [0.1, 0.15) is 5.75 Å². The molecule has 2 rings (SSSR count). The second-order valence-electron chi connectivity index (χ2n) is 4.45. The molecule has 3 nitrogen and oxygen atoms in total. The summed E-state index contributed by atoms with van der Waals surface area (Å²) in [6, 6.07) is 8.23. The van der Waals surface area contributed by atoms with Gasteiger partial charge in [-0.1, -0.05) is 12.1 Å². The van der Waals surface area contributed by atoms with Crippen LogP contribution in [0.4, 0.5) is 0 Å². The van der Waals surface area contributed by atoms with E-state index in [1.165, 1.54) is 18.4 Å². The first kappa shape index (κ1) is 12.4. The average Bonchev–Trinajstić information content (AvgIpc) is 2.83. The first-order valence-corrected chi connectivity index (χ1v) is 6.36. The van der Waals surface area contributed by atoms with E-state index in [0.717, 1.165) is 31.9 Å². The molecular weight excluding hydrogens is 214 g/mol. The van der Waals surface area contributed by atoms with Crippen molar-refractivity contribution in [1.29, 1.82) is 0 Å². The highest BCUT2D eigenvalue weighted by atomic mass is 16.5. The van der Waals surface area contributed by atoms with Crippen molar-refractivity contribution < 1.29 is 9.47 Å². The van der Waals surface area contributed by atoms with Gasteiger partial charge in [0.15, 0.2) is 0 Å². The molecule has 1 N–H and O–H groups in total. The maximum absolute atomic E-state index is 5.75. The van der Waals surface area contributed by atoms with Crippen LogP contribution < -0.4 is 10.1 Å². The van der Waals surface area contributed by atoms with Crippen molar-refractivity contribution in [2.75, 3.05) is 20.3 Å². The minimum absolute atomic E-state index is 0.412. The lowest BCUT2D eigenvalue weighted by molar-refractivity contribution is 0.0903. The predicted molar refractivity (Wildman–Crippen MR) is 68.3 cm³/mol. The van der Waals surface area contributed by atoms with Gasteiger partial charge in [-0.3, -0.25) is 0 Å². The van der Waals surface area contributed by atoms with Crippen LogP contribution in [0.25, 0.3) is 0 Å². The summed E-state index contributed by atoms with van der Waals surface area (Å²) in [5, 5.41) is 3.14. The molecule has 1 unspecified atom stereocenters. The fraction of sp³-hybridized carbons (Fsp3) is 0.571. The molecule has 94 valence electrons. The Morgan fingerprint density at radius 1 is 1.47 bits per heavy atom. The standard InChI is InChI=1S/C14H21NO2/c1-15-11-12-4-2-5-14(10-12)17-9-7-13-6-3-8-16-13/h2,4-5,10,13,15H,3,6-9,11H2,1H3. The second-order valence-corrected chi connectivity index (χ2v) is 4.45. The van der Waals surface area contributed by atoms with E-state index in [0.29, 0.717) is 6.10 Å². The van der Waals surface area contributed by atoms with Crippen LogP contribution in [0, 0.1) is 0 Å². The third-order valence-electron chi connectivity index (χ3n) is 3.01. The van der Waals surface area contributed by atoms with Crippen molar-refractivity contribution in [2.24, 2.45) is 0 Å². The molecule has 1 aliphatic heterocycles. The molecule has 1 aromatic carbocycles. The molecule has 0 amide bonds. The molecule has 0 aromatic heterocycles. The molecule has 3 heteroatoms. The molecule has 1 heterocycles. The Labute approximate surface area is 103 Å². The molecule has 1 aliphatic rings. The summed E-state index contributed by atoms with van der Waals surface area (Å²) in [6.07, 6.45) is 3.79. The van der Waals surface area contributed by atoms with Crippen LogP contribution >= 0.6 is 0 Å². The van der Waals surface area contributed by atoms with Gasteiger partial charge in [0.05, 0.1) is 12.7 Å². The molecule has 0 saturated carbocycles. The van der Waals surface area contributed by atoms with Gasteiger partial charge < -0.3 is 14.8 Å². The number of ether oxygens (including phenoxy) is 2. The van der Waals surface area contributed by atoms with Crippen LogP contribution in [0.1, 0.15) is 24.8 Å². The second kappa shape index (κ2) is 6.62. The van der Waals surface area contributed by atoms with Crippen molar-refractivity contribution >= 4 is 0 Å². The molecular formula is C14H21NO2. The minimum Gasteiger partial charge on any atom is -0.493 e. The summed E-state index contributed by atoms with van der Waals surface area (Å²) in [7, 11) is 1.95. The summed E-state index contributed by atoms with van der Waals surface area (Å²) in [4.78, 5) is 0. The maximum atomic E-state index is 5.75. The monoisotopic (exact) mass is 235 g/mol. The van der Waals surface area contributed by atoms with Gasteiger partial charge >= 0.3 is 0 Å². The fourth-order valence-electron chi connectivity index (χ4n) is 2.13. The van der Waals surface area contributed by atoms with Crippen LogP contribution in [-0.4, -0.2) is 26.4 Å². The molecule has 0 spiro atoms. The van der Waals surface area contributed by atoms with E-state index in [-0.39, 0.29) is 0 Å². The topological polar surface area (TPSA) is 30.5 Å². The molecule has 0 bridgehead atoms. The summed E-state index contributed by atoms with van der Waals surface area (Å²) in [5.41, 5.74) is 1.25. The molecule has 1 atom stereocenters. The smallest absolute Gasteiger partial charge is 0.119 e. The fourth-order valence-corrected chi connectivity index (χ4v) is 2.13. The Bertz CT molecular complexity index is 335. The quantitative estimate of drug-likeness (QED) is 0.821. The van der Waals surface area contributed by atoms with Gasteiger partial charge in [0, 0.05) is 19.6 Å². The summed E-state index contributed by atoms with van der Waals surface area (Å²) in [6.45, 7) is 2.54. The number of rotatable bonds is 6. The zero-order chi connectivity index (χ0) is 11.9. The Morgan fingerprint density at radius 3 is 3.18 bits per heavy atom. The Kier molecular flexibility index (Phi) is 4.83. The zero-order valence-electron chi connectivity index (χ0n) is 10.4. The van der Waals surface area contributed by atoms with Crippen LogP contribution in [0.3, 0.4) is 0 Å². The number of benzene rings is 1. The van der Waals surface area contributed by atoms with Crippen molar-refractivity contribution in [3.63, 3.8) is 0 Å². The Balaban J connectivity index is 1.75. The van der Waals surface area contributed by atoms with Crippen molar-refractivity contribution in [3.8, 4) is 5.75 Å². The highest BCUT2D eigenvalue weighted by Crippen LogP contribution is 2.17. The lowest BCUT2D eigenvalue weighted by atomic mass is 10.2. The van der Waals surface area contributed by atoms with E-state index in [4.69, 9.17) is 9.47 Å². The Hall–Kier alpha value is -1.06. The van der Waals surface area contributed by atoms with Gasteiger partial charge in [-0.05, 0) is 37.6 Å². The van der Waals surface area contributed by atoms with Crippen molar-refractivity contribution in [3.05, 3.63) is 29.8 Å². The largest absolute Gasteiger partial charge is 0.493 e. The highest BCUT2D eigenvalue weighted by Gasteiger charge is 2.14. The number of hydrogen-bond donors (Lipinski definition) is 1. The van der Waals surface area contributed by atoms with Gasteiger partial charge in [0.25, 0.3) is 0 Å². The van der Waals surface area contributed by atoms with E-state index in [1.807, 2.05) is 19.2 Å². The van der Waals surface area contributed by atoms with Gasteiger partial charge in [-0.2, -0.15) is 0 Å². The van der Waals surface area contributed by atoms with E-state index < -0.39 is 0 Å². The lowest BCUT2D eigenvalue weighted by Gasteiger charge is -2.11. The first-order chi connectivity index (χ1) is 8.38. The molecule has 1 fully saturated rings. The predicted octanol–water partition coefficient (Wildman–Crippen LogP) is 2.35. The molecule has 0 aliphatic carbocycles. The van der Waals surface area contributed by atoms with E-state index in [1.54, 1.807) is 0 Å². The maximum Gasteiger partial charge on any atom is 0.119 e. The minimum atomic E-state index is 0.412. The molecule has 1 aromatic rings. The first-order valence-electron chi connectivity index (χ1n) is 6.36. The molecule has 17 heavy (non-hydrogen) atoms. The van der Waals surface area contributed by atoms with Crippen molar-refractivity contribution in [2.45, 2.75) is 31.9 Å². The number of nitrogens with one attached hydrogen (secondary N) is 1. The summed E-state index contributed by atoms with van der Waals surface area (Å²) >= 11 is 0. The molecule has 1 saturated heterocycles. The van der Waals surface area contributed by atoms with Gasteiger partial charge in [-0.25, -0.2) is 0 Å². The van der Waals surface area contributed by atoms with E-state index in [9.17, 15) is 0 Å². The zero-order valence-corrected chi connectivity index (χ0v) is 10.4. The summed E-state index contributed by atoms with van der Waals surface area (Å²) < 4.78 is 11.3. The van der Waals surface area contributed by atoms with Crippen LogP contribution in [0.15, 0.2) is 24.3 Å². The van der Waals surface area contributed by atoms with Gasteiger partial charge in [-0.15, -0.1) is 0 Å². The molecule has 0 radical (unpaired) electrons. The van der Waals surface area contributed by atoms with Crippen molar-refractivity contribution in [1.82, 2.24) is 5.32 Å². The third kappa shape index (κ3) is 4.02. The summed E-state index contributed by atoms with van der Waals surface area (Å²) in [5.74, 6) is 0.954. The number of hydrogen-bond acceptors (Lipinski definition) is 3. The van der Waals surface area contributed by atoms with Crippen LogP contribution in [-0.2, 0) is 11.3 Å². The normalized spacial score (nSPS) is 19.5. The third-order valence-corrected chi connectivity index (χ3v) is 3.01. The SMILES string of the molecule is CNCc1cccc(OCCC2CCCO2)c1. The average molecular weight is 235 g/mol. The van der Waals surface area contributed by atoms with Crippen LogP contribution in [0.2, 0.25) is 0 Å². The van der Waals surface area contributed by atoms with E-state index in [2.05, 4.69) is 17.4 Å². The highest BCUT2D eigenvalue weighted by molar-refractivity contribution is 5.28. The lowest BCUT2D eigenvalue weighted by Crippen LogP contribution is -2.11. The van der Waals surface area contributed by atoms with E-state index >= 15 is 0 Å². The van der Waals surface area contributed by atoms with Gasteiger partial charge in [0.2, 0.25) is 0 Å². The Morgan fingerprint density at radius 2 is 2.41 bits per heavy atom.